The number of nitrogens with zero attached hydrogens (tertiary/aromatic N) is 2. The molecule has 0 bridgehead atoms. The predicted octanol–water partition coefficient (Wildman–Crippen LogP) is 3.82. The molecule has 2 aliphatic heterocycles. The molecule has 0 radical (unpaired) electrons. The van der Waals surface area contributed by atoms with Crippen molar-refractivity contribution in [3.63, 3.8) is 0 Å². The molecule has 3 nitrogen and oxygen atoms in total. The van der Waals surface area contributed by atoms with Gasteiger partial charge in [0.25, 0.3) is 5.91 Å². The van der Waals surface area contributed by atoms with Gasteiger partial charge in [-0.15, -0.1) is 0 Å². The monoisotopic (exact) mass is 338 g/mol. The van der Waals surface area contributed by atoms with Gasteiger partial charge in [0.2, 0.25) is 0 Å². The number of halogens is 2. The molecular weight excluding hydrogens is 315 g/mol. The quantitative estimate of drug-likeness (QED) is 0.836. The van der Waals surface area contributed by atoms with Crippen molar-refractivity contribution < 1.29 is 9.18 Å². The summed E-state index contributed by atoms with van der Waals surface area (Å²) < 4.78 is 14.0. The van der Waals surface area contributed by atoms with Crippen LogP contribution in [0.4, 0.5) is 4.39 Å². The second-order valence-corrected chi connectivity index (χ2v) is 7.71. The molecular formula is C18H24ClFN2O. The van der Waals surface area contributed by atoms with Crippen LogP contribution in [0.25, 0.3) is 0 Å². The maximum Gasteiger partial charge on any atom is 0.256 e. The van der Waals surface area contributed by atoms with Crippen LogP contribution in [0.2, 0.25) is 5.02 Å². The molecule has 0 saturated carbocycles. The van der Waals surface area contributed by atoms with Crippen molar-refractivity contribution in [2.75, 3.05) is 26.2 Å². The van der Waals surface area contributed by atoms with E-state index in [2.05, 4.69) is 18.7 Å². The number of piperidine rings is 1. The van der Waals surface area contributed by atoms with Crippen LogP contribution in [0.3, 0.4) is 0 Å². The lowest BCUT2D eigenvalue weighted by molar-refractivity contribution is -0.0648. The van der Waals surface area contributed by atoms with Gasteiger partial charge in [0.15, 0.2) is 0 Å². The minimum Gasteiger partial charge on any atom is -0.337 e. The van der Waals surface area contributed by atoms with E-state index in [1.165, 1.54) is 18.2 Å². The number of benzene rings is 1. The van der Waals surface area contributed by atoms with Crippen LogP contribution in [0.1, 0.15) is 43.5 Å². The van der Waals surface area contributed by atoms with Crippen LogP contribution in [0.5, 0.6) is 0 Å². The molecule has 2 aliphatic rings. The number of carbonyl (C=O) groups excluding carboxylic acids is 1. The highest BCUT2D eigenvalue weighted by Crippen LogP contribution is 2.39. The number of rotatable bonds is 3. The predicted molar refractivity (Wildman–Crippen MR) is 90.3 cm³/mol. The fourth-order valence-corrected chi connectivity index (χ4v) is 4.06. The van der Waals surface area contributed by atoms with E-state index in [1.807, 2.05) is 4.90 Å². The lowest BCUT2D eigenvalue weighted by atomic mass is 9.77. The van der Waals surface area contributed by atoms with Crippen LogP contribution < -0.4 is 0 Å². The van der Waals surface area contributed by atoms with E-state index in [0.717, 1.165) is 32.4 Å². The molecule has 0 unspecified atom stereocenters. The van der Waals surface area contributed by atoms with Crippen LogP contribution in [0.15, 0.2) is 18.2 Å². The number of hydrogen-bond acceptors (Lipinski definition) is 2. The number of hydrogen-bond donors (Lipinski definition) is 0. The third-order valence-corrected chi connectivity index (χ3v) is 5.34. The van der Waals surface area contributed by atoms with Gasteiger partial charge in [0.1, 0.15) is 5.82 Å². The first kappa shape index (κ1) is 16.7. The average Bonchev–Trinajstić information content (AvgIpc) is 2.53. The summed E-state index contributed by atoms with van der Waals surface area (Å²) >= 11 is 5.93. The fourth-order valence-electron chi connectivity index (χ4n) is 3.89. The Bertz CT molecular complexity index is 607. The van der Waals surface area contributed by atoms with Crippen molar-refractivity contribution in [2.24, 2.45) is 5.92 Å². The van der Waals surface area contributed by atoms with Crippen molar-refractivity contribution in [1.29, 1.82) is 0 Å². The van der Waals surface area contributed by atoms with Crippen molar-refractivity contribution in [3.05, 3.63) is 34.6 Å². The van der Waals surface area contributed by atoms with Crippen LogP contribution in [-0.4, -0.2) is 47.4 Å². The Kier molecular flexibility index (Phi) is 4.65. The molecule has 2 heterocycles. The Morgan fingerprint density at radius 2 is 2.13 bits per heavy atom. The first-order valence-electron chi connectivity index (χ1n) is 8.41. The van der Waals surface area contributed by atoms with Crippen molar-refractivity contribution >= 4 is 17.5 Å². The average molecular weight is 339 g/mol. The topological polar surface area (TPSA) is 23.6 Å². The second kappa shape index (κ2) is 6.40. The molecule has 2 fully saturated rings. The molecule has 0 aromatic heterocycles. The van der Waals surface area contributed by atoms with Gasteiger partial charge in [0, 0.05) is 36.7 Å². The van der Waals surface area contributed by atoms with E-state index in [4.69, 9.17) is 11.6 Å². The van der Waals surface area contributed by atoms with Crippen LogP contribution in [0, 0.1) is 11.7 Å². The minimum atomic E-state index is -0.494. The number of amides is 1. The summed E-state index contributed by atoms with van der Waals surface area (Å²) in [5, 5.41) is 0.395. The number of likely N-dealkylation sites (tertiary alicyclic amines) is 2. The van der Waals surface area contributed by atoms with Gasteiger partial charge in [-0.3, -0.25) is 9.69 Å². The summed E-state index contributed by atoms with van der Waals surface area (Å²) in [6.07, 6.45) is 3.23. The smallest absolute Gasteiger partial charge is 0.256 e. The van der Waals surface area contributed by atoms with E-state index < -0.39 is 5.82 Å². The van der Waals surface area contributed by atoms with E-state index >= 15 is 0 Å². The Morgan fingerprint density at radius 3 is 2.78 bits per heavy atom. The maximum absolute atomic E-state index is 14.0. The standard InChI is InChI=1S/C18H24ClFN2O/c1-13(2)11-22-9-7-18(22)6-3-8-21(12-18)17(23)15-10-14(19)4-5-16(15)20/h4-5,10,13H,3,6-9,11-12H2,1-2H3/t18-/m0/s1. The SMILES string of the molecule is CC(C)CN1CC[C@]12CCCN(C(=O)c1cc(Cl)ccc1F)C2. The van der Waals surface area contributed by atoms with E-state index in [0.29, 0.717) is 24.0 Å². The van der Waals surface area contributed by atoms with Gasteiger partial charge < -0.3 is 4.90 Å². The third kappa shape index (κ3) is 3.24. The fraction of sp³-hybridized carbons (Fsp3) is 0.611. The molecule has 1 aromatic carbocycles. The van der Waals surface area contributed by atoms with Crippen molar-refractivity contribution in [2.45, 2.75) is 38.6 Å². The summed E-state index contributed by atoms with van der Waals surface area (Å²) in [6, 6.07) is 4.18. The first-order valence-corrected chi connectivity index (χ1v) is 8.78. The lowest BCUT2D eigenvalue weighted by Crippen LogP contribution is -2.68. The van der Waals surface area contributed by atoms with E-state index in [-0.39, 0.29) is 17.0 Å². The molecule has 1 atom stereocenters. The zero-order chi connectivity index (χ0) is 16.6. The summed E-state index contributed by atoms with van der Waals surface area (Å²) in [7, 11) is 0. The zero-order valence-corrected chi connectivity index (χ0v) is 14.6. The van der Waals surface area contributed by atoms with Crippen molar-refractivity contribution in [1.82, 2.24) is 9.80 Å². The molecule has 5 heteroatoms. The Morgan fingerprint density at radius 1 is 1.35 bits per heavy atom. The normalized spacial score (nSPS) is 25.0. The molecule has 0 N–H and O–H groups in total. The summed E-state index contributed by atoms with van der Waals surface area (Å²) in [4.78, 5) is 17.1. The third-order valence-electron chi connectivity index (χ3n) is 5.10. The highest BCUT2D eigenvalue weighted by atomic mass is 35.5. The Hall–Kier alpha value is -1.13. The number of carbonyl (C=O) groups is 1. The second-order valence-electron chi connectivity index (χ2n) is 7.27. The van der Waals surface area contributed by atoms with Crippen LogP contribution in [-0.2, 0) is 0 Å². The van der Waals surface area contributed by atoms with Crippen molar-refractivity contribution in [3.8, 4) is 0 Å². The van der Waals surface area contributed by atoms with Gasteiger partial charge in [-0.25, -0.2) is 4.39 Å². The Balaban J connectivity index is 1.76. The van der Waals surface area contributed by atoms with Gasteiger partial charge in [-0.1, -0.05) is 25.4 Å². The van der Waals surface area contributed by atoms with E-state index in [9.17, 15) is 9.18 Å². The summed E-state index contributed by atoms with van der Waals surface area (Å²) in [6.45, 7) is 8.00. The molecule has 126 valence electrons. The van der Waals surface area contributed by atoms with Gasteiger partial charge in [0.05, 0.1) is 5.56 Å². The highest BCUT2D eigenvalue weighted by Gasteiger charge is 2.48. The molecule has 3 rings (SSSR count). The molecule has 0 aliphatic carbocycles. The minimum absolute atomic E-state index is 0.0873. The molecule has 1 aromatic rings. The van der Waals surface area contributed by atoms with Gasteiger partial charge >= 0.3 is 0 Å². The summed E-state index contributed by atoms with van der Waals surface area (Å²) in [5.41, 5.74) is 0.192. The summed E-state index contributed by atoms with van der Waals surface area (Å²) in [5.74, 6) is -0.115. The molecule has 23 heavy (non-hydrogen) atoms. The van der Waals surface area contributed by atoms with Crippen LogP contribution >= 0.6 is 11.6 Å². The van der Waals surface area contributed by atoms with E-state index in [1.54, 1.807) is 0 Å². The first-order chi connectivity index (χ1) is 10.9. The highest BCUT2D eigenvalue weighted by molar-refractivity contribution is 6.31. The Labute approximate surface area is 142 Å². The molecule has 1 spiro atoms. The zero-order valence-electron chi connectivity index (χ0n) is 13.8. The molecule has 2 saturated heterocycles. The molecule has 1 amide bonds. The van der Waals surface area contributed by atoms with Gasteiger partial charge in [-0.05, 0) is 43.4 Å². The van der Waals surface area contributed by atoms with Gasteiger partial charge in [-0.2, -0.15) is 0 Å². The maximum atomic E-state index is 14.0. The largest absolute Gasteiger partial charge is 0.337 e. The lowest BCUT2D eigenvalue weighted by Gasteiger charge is -2.57.